The first kappa shape index (κ1) is 65.2. The van der Waals surface area contributed by atoms with Gasteiger partial charge in [-0.1, -0.05) is 70.5 Å². The Kier molecular flexibility index (Phi) is 24.0. The standard InChI is InChI=1S/C58H81N11O12S2/c1-9-36(4)49(63-53(76)43-33-64(43)6)58(80)65(7)42(35(2)3)32-44(81-37(5)70)55-62-41(34-83-55)56(78)66(8)50(51(74)45-20-16-30-82-45)54(77)60-39(19-13-14-24-59)52(75)61-40(31-38-17-11-10-12-18-38)57(79)68-28-26-67(27-29-68)46(71)21-15-25-69-47(72)22-23-48(69)73/h10-12,16-18,20,22-23,30,34-36,39-40,42-44,49-51,74H,9,13-15,19,21,24-29,31-33,59H2,1-8H3,(H,60,77)(H,61,75)(H,63,76)/t36-,39+,40-,42+,43?,44+,49?,50-,51?,64?/m0/s1. The number of amides is 9. The predicted molar refractivity (Wildman–Crippen MR) is 311 cm³/mol. The van der Waals surface area contributed by atoms with Crippen LogP contribution in [-0.4, -0.2) is 202 Å². The molecule has 9 amide bonds. The Morgan fingerprint density at radius 2 is 1.49 bits per heavy atom. The Hall–Kier alpha value is -6.93. The third-order valence-corrected chi connectivity index (χ3v) is 17.4. The molecular formula is C58H81N11O12S2. The normalized spacial score (nSPS) is 18.8. The van der Waals surface area contributed by atoms with E-state index >= 15 is 0 Å². The summed E-state index contributed by atoms with van der Waals surface area (Å²) in [6.07, 6.45) is 1.89. The molecule has 2 fully saturated rings. The van der Waals surface area contributed by atoms with E-state index in [1.807, 2.05) is 57.8 Å². The number of thiophene rings is 1. The van der Waals surface area contributed by atoms with Crippen molar-refractivity contribution in [2.75, 3.05) is 67.0 Å². The minimum Gasteiger partial charge on any atom is -0.455 e. The summed E-state index contributed by atoms with van der Waals surface area (Å²) in [7, 11) is 4.81. The molecule has 25 heteroatoms. The van der Waals surface area contributed by atoms with Gasteiger partial charge in [-0.05, 0) is 68.1 Å². The Bertz CT molecular complexity index is 2770. The van der Waals surface area contributed by atoms with Crippen molar-refractivity contribution in [2.24, 2.45) is 17.6 Å². The number of nitrogens with two attached hydrogens (primary N) is 1. The van der Waals surface area contributed by atoms with Crippen molar-refractivity contribution in [1.82, 2.24) is 50.3 Å². The molecule has 452 valence electrons. The molecule has 0 saturated carbocycles. The van der Waals surface area contributed by atoms with Crippen LogP contribution in [0.15, 0.2) is 65.4 Å². The molecule has 6 N–H and O–H groups in total. The number of carbonyl (C=O) groups is 10. The highest BCUT2D eigenvalue weighted by Gasteiger charge is 2.43. The number of imide groups is 1. The highest BCUT2D eigenvalue weighted by atomic mass is 32.1. The molecule has 0 spiro atoms. The number of nitrogens with one attached hydrogen (secondary N) is 3. The van der Waals surface area contributed by atoms with Gasteiger partial charge in [0.2, 0.25) is 35.4 Å². The summed E-state index contributed by atoms with van der Waals surface area (Å²) in [4.78, 5) is 149. The SMILES string of the molecule is CC[C@H](C)C(NC(=O)C1CN1C)C(=O)N(C)[C@H](C[C@@H](OC(C)=O)c1nc(C(=O)N(C)[C@H](C(=O)N[C@H](CCCCN)C(=O)N[C@@H](Cc2ccccc2)C(=O)N2CCN(C(=O)CCCN3C(=O)C=CC3=O)CC2)C(O)c2cccs2)cs1)C(C)C. The minimum atomic E-state index is -1.63. The molecule has 83 heavy (non-hydrogen) atoms. The molecule has 23 nitrogen and oxygen atoms in total. The maximum absolute atomic E-state index is 14.8. The van der Waals surface area contributed by atoms with Gasteiger partial charge in [0.1, 0.15) is 47.0 Å². The summed E-state index contributed by atoms with van der Waals surface area (Å²) >= 11 is 2.19. The smallest absolute Gasteiger partial charge is 0.303 e. The number of carbonyl (C=O) groups excluding carboxylic acids is 10. The number of esters is 1. The number of aromatic nitrogens is 1. The van der Waals surface area contributed by atoms with Crippen LogP contribution < -0.4 is 21.7 Å². The first-order valence-electron chi connectivity index (χ1n) is 28.4. The molecule has 3 aromatic rings. The average molecular weight is 1190 g/mol. The van der Waals surface area contributed by atoms with Gasteiger partial charge in [0.25, 0.3) is 17.7 Å². The lowest BCUT2D eigenvalue weighted by Crippen LogP contribution is -2.60. The van der Waals surface area contributed by atoms with Crippen molar-refractivity contribution >= 4 is 81.8 Å². The number of aliphatic hydroxyl groups is 1. The van der Waals surface area contributed by atoms with Gasteiger partial charge in [0.05, 0.1) is 0 Å². The Labute approximate surface area is 493 Å². The number of rotatable bonds is 30. The number of thiazole rings is 1. The number of nitrogens with zero attached hydrogens (tertiary/aromatic N) is 7. The van der Waals surface area contributed by atoms with E-state index in [0.717, 1.165) is 38.0 Å². The number of unbranched alkanes of at least 4 members (excludes halogenated alkanes) is 1. The van der Waals surface area contributed by atoms with Crippen LogP contribution >= 0.6 is 22.7 Å². The van der Waals surface area contributed by atoms with Crippen LogP contribution in [0, 0.1) is 11.8 Å². The second-order valence-corrected chi connectivity index (χ2v) is 23.8. The van der Waals surface area contributed by atoms with Crippen LogP contribution in [0.5, 0.6) is 0 Å². The first-order chi connectivity index (χ1) is 39.5. The van der Waals surface area contributed by atoms with Gasteiger partial charge in [-0.25, -0.2) is 4.98 Å². The third kappa shape index (κ3) is 17.6. The van der Waals surface area contributed by atoms with E-state index < -0.39 is 83.8 Å². The van der Waals surface area contributed by atoms with Crippen molar-refractivity contribution < 1.29 is 57.8 Å². The molecule has 2 saturated heterocycles. The first-order valence-corrected chi connectivity index (χ1v) is 30.1. The molecule has 3 aliphatic heterocycles. The van der Waals surface area contributed by atoms with E-state index in [1.165, 1.54) is 31.5 Å². The third-order valence-electron chi connectivity index (χ3n) is 15.6. The molecule has 0 radical (unpaired) electrons. The van der Waals surface area contributed by atoms with Gasteiger partial charge in [-0.2, -0.15) is 0 Å². The number of ether oxygens (including phenoxy) is 1. The number of hydrogen-bond acceptors (Lipinski definition) is 17. The van der Waals surface area contributed by atoms with Gasteiger partial charge >= 0.3 is 5.97 Å². The number of benzene rings is 1. The molecule has 0 bridgehead atoms. The summed E-state index contributed by atoms with van der Waals surface area (Å²) in [5.41, 5.74) is 6.48. The number of hydrogen-bond donors (Lipinski definition) is 5. The maximum atomic E-state index is 14.8. The molecular weight excluding hydrogens is 1110 g/mol. The lowest BCUT2D eigenvalue weighted by molar-refractivity contribution is -0.149. The zero-order valence-corrected chi connectivity index (χ0v) is 50.3. The fourth-order valence-corrected chi connectivity index (χ4v) is 11.8. The van der Waals surface area contributed by atoms with Crippen molar-refractivity contribution in [2.45, 2.75) is 134 Å². The molecule has 1 aromatic carbocycles. The molecule has 0 aliphatic carbocycles. The number of aliphatic hydroxyl groups excluding tert-OH is 1. The van der Waals surface area contributed by atoms with Gasteiger partial charge in [-0.3, -0.25) is 57.7 Å². The number of piperazine rings is 1. The Morgan fingerprint density at radius 3 is 2.08 bits per heavy atom. The van der Waals surface area contributed by atoms with Crippen molar-refractivity contribution in [3.63, 3.8) is 0 Å². The van der Waals surface area contributed by atoms with Gasteiger partial charge < -0.3 is 51.1 Å². The quantitative estimate of drug-likeness (QED) is 0.0277. The second-order valence-electron chi connectivity index (χ2n) is 21.9. The summed E-state index contributed by atoms with van der Waals surface area (Å²) in [6.45, 7) is 10.7. The second kappa shape index (κ2) is 30.6. The van der Waals surface area contributed by atoms with Crippen molar-refractivity contribution in [1.29, 1.82) is 0 Å². The molecule has 2 aromatic heterocycles. The molecule has 3 aliphatic rings. The molecule has 4 unspecified atom stereocenters. The lowest BCUT2D eigenvalue weighted by Gasteiger charge is -2.37. The molecule has 5 heterocycles. The van der Waals surface area contributed by atoms with Crippen molar-refractivity contribution in [3.05, 3.63) is 86.5 Å². The maximum Gasteiger partial charge on any atom is 0.303 e. The van der Waals surface area contributed by atoms with Crippen LogP contribution in [-0.2, 0) is 54.3 Å². The van der Waals surface area contributed by atoms with Gasteiger partial charge in [0, 0.05) is 108 Å². The Balaban J connectivity index is 1.18. The summed E-state index contributed by atoms with van der Waals surface area (Å²) < 4.78 is 5.84. The van der Waals surface area contributed by atoms with Crippen LogP contribution in [0.25, 0.3) is 0 Å². The largest absolute Gasteiger partial charge is 0.455 e. The topological polar surface area (TPSA) is 294 Å². The highest BCUT2D eigenvalue weighted by Crippen LogP contribution is 2.33. The lowest BCUT2D eigenvalue weighted by atomic mass is 9.93. The van der Waals surface area contributed by atoms with Crippen molar-refractivity contribution in [3.8, 4) is 0 Å². The fourth-order valence-electron chi connectivity index (χ4n) is 10.2. The van der Waals surface area contributed by atoms with E-state index in [1.54, 1.807) is 51.4 Å². The zero-order valence-electron chi connectivity index (χ0n) is 48.7. The van der Waals surface area contributed by atoms with Crippen LogP contribution in [0.4, 0.5) is 0 Å². The monoisotopic (exact) mass is 1190 g/mol. The average Bonchev–Trinajstić information content (AvgIpc) is 4.01. The number of likely N-dealkylation sites (N-methyl/N-ethyl adjacent to an activating group) is 3. The highest BCUT2D eigenvalue weighted by molar-refractivity contribution is 7.10. The van der Waals surface area contributed by atoms with E-state index in [4.69, 9.17) is 10.5 Å². The van der Waals surface area contributed by atoms with Gasteiger partial charge in [-0.15, -0.1) is 22.7 Å². The van der Waals surface area contributed by atoms with Crippen LogP contribution in [0.1, 0.15) is 118 Å². The predicted octanol–water partition coefficient (Wildman–Crippen LogP) is 2.42. The van der Waals surface area contributed by atoms with E-state index in [-0.39, 0.29) is 118 Å². The van der Waals surface area contributed by atoms with Gasteiger partial charge in [0.15, 0.2) is 6.10 Å². The van der Waals surface area contributed by atoms with E-state index in [2.05, 4.69) is 20.9 Å². The van der Waals surface area contributed by atoms with E-state index in [9.17, 15) is 53.1 Å². The summed E-state index contributed by atoms with van der Waals surface area (Å²) in [6, 6.07) is 6.70. The van der Waals surface area contributed by atoms with Crippen LogP contribution in [0.3, 0.4) is 0 Å². The Morgan fingerprint density at radius 1 is 0.843 bits per heavy atom. The summed E-state index contributed by atoms with van der Waals surface area (Å²) in [5.74, 6) is -5.31. The van der Waals surface area contributed by atoms with Crippen LogP contribution in [0.2, 0.25) is 0 Å². The molecule has 6 rings (SSSR count). The summed E-state index contributed by atoms with van der Waals surface area (Å²) in [5, 5.41) is 24.0. The van der Waals surface area contributed by atoms with E-state index in [0.29, 0.717) is 30.7 Å². The molecule has 10 atom stereocenters. The minimum absolute atomic E-state index is 0.0774. The zero-order chi connectivity index (χ0) is 60.7. The fraction of sp³-hybridized carbons (Fsp3) is 0.569.